The van der Waals surface area contributed by atoms with Crippen LogP contribution in [-0.2, 0) is 20.1 Å². The SMILES string of the molecule is CC(C)n1c(-c2[c-]ccc3c2oc2ccccc23)nc2ccccc21.[2H]C(C)(C)c1cc(-c2[c-]cccc2)ncc1[Si](C)(C)C.[Ir]. The van der Waals surface area contributed by atoms with Crippen LogP contribution in [0.15, 0.2) is 102 Å². The molecule has 7 rings (SSSR count). The maximum absolute atomic E-state index is 8.44. The van der Waals surface area contributed by atoms with Gasteiger partial charge in [-0.3, -0.25) is 4.98 Å². The van der Waals surface area contributed by atoms with E-state index in [-0.39, 0.29) is 26.1 Å². The first-order valence-electron chi connectivity index (χ1n) is 15.7. The Balaban J connectivity index is 0.000000182. The van der Waals surface area contributed by atoms with Crippen molar-refractivity contribution in [2.45, 2.75) is 59.3 Å². The fourth-order valence-corrected chi connectivity index (χ4v) is 7.35. The van der Waals surface area contributed by atoms with Crippen molar-refractivity contribution in [3.05, 3.63) is 115 Å². The fourth-order valence-electron chi connectivity index (χ4n) is 5.77. The molecular weight excluding hydrogens is 747 g/mol. The maximum atomic E-state index is 8.44. The Kier molecular flexibility index (Phi) is 9.18. The number of fused-ring (bicyclic) bond motifs is 4. The second kappa shape index (κ2) is 13.3. The predicted octanol–water partition coefficient (Wildman–Crippen LogP) is 10.2. The van der Waals surface area contributed by atoms with Gasteiger partial charge in [-0.25, -0.2) is 0 Å². The summed E-state index contributed by atoms with van der Waals surface area (Å²) in [5.74, 6) is 0.295. The third kappa shape index (κ3) is 6.46. The molecular formula is C39H39IrN3OSi-2. The Morgan fingerprint density at radius 3 is 2.29 bits per heavy atom. The van der Waals surface area contributed by atoms with Gasteiger partial charge in [-0.05, 0) is 48.8 Å². The van der Waals surface area contributed by atoms with Crippen LogP contribution in [0.5, 0.6) is 0 Å². The first-order chi connectivity index (χ1) is 21.4. The Morgan fingerprint density at radius 1 is 0.844 bits per heavy atom. The van der Waals surface area contributed by atoms with Gasteiger partial charge in [-0.1, -0.05) is 86.4 Å². The van der Waals surface area contributed by atoms with Crippen LogP contribution in [0.3, 0.4) is 0 Å². The van der Waals surface area contributed by atoms with Crippen LogP contribution in [0.25, 0.3) is 55.6 Å². The second-order valence-corrected chi connectivity index (χ2v) is 17.8. The molecule has 0 spiro atoms. The summed E-state index contributed by atoms with van der Waals surface area (Å²) in [4.78, 5) is 9.51. The standard InChI is InChI=1S/C22H17N2O.C17H22NSi.Ir/c1-14(2)24-19-12-5-4-11-18(19)23-22(24)17-10-7-9-16-15-8-3-6-13-20(15)25-21(16)17;1-13(2)15-11-16(14-9-7-6-8-10-14)18-12-17(15)19(3,4)5;/h3-9,11-14H,1-2H3;6-9,11-13H,1-5H3;/q2*-1;/i;13D;. The Labute approximate surface area is 282 Å². The number of hydrogen-bond acceptors (Lipinski definition) is 3. The minimum Gasteiger partial charge on any atom is -0.501 e. The molecule has 0 saturated carbocycles. The van der Waals surface area contributed by atoms with Gasteiger partial charge in [-0.15, -0.1) is 54.1 Å². The van der Waals surface area contributed by atoms with Gasteiger partial charge in [0.05, 0.1) is 30.5 Å². The number of furan rings is 1. The molecule has 0 N–H and O–H groups in total. The van der Waals surface area contributed by atoms with Gasteiger partial charge < -0.3 is 14.0 Å². The van der Waals surface area contributed by atoms with E-state index in [2.05, 4.69) is 91.6 Å². The predicted molar refractivity (Wildman–Crippen MR) is 187 cm³/mol. The van der Waals surface area contributed by atoms with Gasteiger partial charge in [0.15, 0.2) is 0 Å². The van der Waals surface area contributed by atoms with E-state index in [0.717, 1.165) is 61.2 Å². The molecule has 4 aromatic carbocycles. The summed E-state index contributed by atoms with van der Waals surface area (Å²) in [5, 5.41) is 3.50. The molecule has 1 radical (unpaired) electrons. The van der Waals surface area contributed by atoms with Crippen LogP contribution < -0.4 is 5.19 Å². The summed E-state index contributed by atoms with van der Waals surface area (Å²) in [6.07, 6.45) is 1.98. The summed E-state index contributed by atoms with van der Waals surface area (Å²) in [5.41, 5.74) is 7.77. The smallest absolute Gasteiger partial charge is 0.120 e. The first kappa shape index (κ1) is 31.2. The average molecular weight is 787 g/mol. The summed E-state index contributed by atoms with van der Waals surface area (Å²) >= 11 is 0. The largest absolute Gasteiger partial charge is 0.501 e. The second-order valence-electron chi connectivity index (χ2n) is 12.7. The number of nitrogens with zero attached hydrogens (tertiary/aromatic N) is 3. The zero-order valence-corrected chi connectivity index (χ0v) is 30.3. The molecule has 0 aliphatic carbocycles. The molecule has 3 heterocycles. The van der Waals surface area contributed by atoms with Crippen molar-refractivity contribution >= 4 is 46.2 Å². The van der Waals surface area contributed by atoms with Gasteiger partial charge in [0.25, 0.3) is 0 Å². The van der Waals surface area contributed by atoms with Crippen molar-refractivity contribution in [2.24, 2.45) is 0 Å². The summed E-state index contributed by atoms with van der Waals surface area (Å²) in [6.45, 7) is 15.1. The number of imidazole rings is 1. The number of para-hydroxylation sites is 3. The van der Waals surface area contributed by atoms with E-state index in [0.29, 0.717) is 0 Å². The van der Waals surface area contributed by atoms with E-state index in [4.69, 9.17) is 10.8 Å². The molecule has 6 heteroatoms. The van der Waals surface area contributed by atoms with Crippen LogP contribution in [0, 0.1) is 12.1 Å². The minimum absolute atomic E-state index is 0. The molecule has 0 unspecified atom stereocenters. The van der Waals surface area contributed by atoms with E-state index in [1.54, 1.807) is 0 Å². The number of benzene rings is 4. The molecule has 231 valence electrons. The monoisotopic (exact) mass is 787 g/mol. The number of pyridine rings is 1. The van der Waals surface area contributed by atoms with E-state index in [1.165, 1.54) is 5.19 Å². The van der Waals surface area contributed by atoms with Crippen molar-refractivity contribution < 1.29 is 25.9 Å². The van der Waals surface area contributed by atoms with E-state index in [1.807, 2.05) is 74.6 Å². The molecule has 3 aromatic heterocycles. The van der Waals surface area contributed by atoms with Crippen LogP contribution in [-0.4, -0.2) is 22.6 Å². The molecule has 0 atom stereocenters. The van der Waals surface area contributed by atoms with Crippen molar-refractivity contribution in [1.82, 2.24) is 14.5 Å². The first-order valence-corrected chi connectivity index (χ1v) is 18.7. The molecule has 4 nitrogen and oxygen atoms in total. The van der Waals surface area contributed by atoms with Crippen molar-refractivity contribution in [3.8, 4) is 22.6 Å². The Hall–Kier alpha value is -3.83. The topological polar surface area (TPSA) is 43.9 Å². The van der Waals surface area contributed by atoms with Crippen molar-refractivity contribution in [3.63, 3.8) is 0 Å². The van der Waals surface area contributed by atoms with E-state index < -0.39 is 14.0 Å². The normalized spacial score (nSPS) is 12.2. The summed E-state index contributed by atoms with van der Waals surface area (Å²) in [7, 11) is -1.50. The van der Waals surface area contributed by atoms with Crippen LogP contribution in [0.4, 0.5) is 0 Å². The van der Waals surface area contributed by atoms with Crippen LogP contribution >= 0.6 is 0 Å². The average Bonchev–Trinajstić information content (AvgIpc) is 3.60. The van der Waals surface area contributed by atoms with Gasteiger partial charge in [0, 0.05) is 39.1 Å². The molecule has 0 aliphatic heterocycles. The zero-order valence-electron chi connectivity index (χ0n) is 27.9. The van der Waals surface area contributed by atoms with Gasteiger partial charge in [0.1, 0.15) is 5.58 Å². The molecule has 0 aliphatic rings. The number of aromatic nitrogens is 3. The Morgan fingerprint density at radius 2 is 1.58 bits per heavy atom. The summed E-state index contributed by atoms with van der Waals surface area (Å²) < 4.78 is 16.9. The Bertz CT molecular complexity index is 2120. The van der Waals surface area contributed by atoms with Gasteiger partial charge in [-0.2, -0.15) is 0 Å². The van der Waals surface area contributed by atoms with Crippen molar-refractivity contribution in [2.75, 3.05) is 0 Å². The third-order valence-electron chi connectivity index (χ3n) is 7.91. The molecule has 7 aromatic rings. The van der Waals surface area contributed by atoms with E-state index >= 15 is 0 Å². The number of hydrogen-bond donors (Lipinski definition) is 0. The molecule has 0 saturated heterocycles. The molecule has 0 amide bonds. The minimum atomic E-state index is -1.50. The molecule has 0 fully saturated rings. The van der Waals surface area contributed by atoms with E-state index in [9.17, 15) is 0 Å². The molecule has 0 bridgehead atoms. The van der Waals surface area contributed by atoms with Crippen molar-refractivity contribution in [1.29, 1.82) is 0 Å². The molecule has 45 heavy (non-hydrogen) atoms. The van der Waals surface area contributed by atoms with Gasteiger partial charge >= 0.3 is 0 Å². The fraction of sp³-hybridized carbons (Fsp3) is 0.231. The van der Waals surface area contributed by atoms with Crippen LogP contribution in [0.1, 0.15) is 46.6 Å². The maximum Gasteiger partial charge on any atom is 0.120 e. The zero-order chi connectivity index (χ0) is 31.9. The quantitative estimate of drug-likeness (QED) is 0.129. The third-order valence-corrected chi connectivity index (χ3v) is 9.92. The van der Waals surface area contributed by atoms with Gasteiger partial charge in [0.2, 0.25) is 0 Å². The summed E-state index contributed by atoms with van der Waals surface area (Å²) in [6, 6.07) is 37.2. The van der Waals surface area contributed by atoms with Crippen LogP contribution in [0.2, 0.25) is 19.6 Å². The number of rotatable bonds is 5.